The molecule has 1 atom stereocenters. The van der Waals surface area contributed by atoms with Gasteiger partial charge >= 0.3 is 6.18 Å². The van der Waals surface area contributed by atoms with Crippen molar-refractivity contribution in [3.63, 3.8) is 0 Å². The van der Waals surface area contributed by atoms with Gasteiger partial charge in [-0.2, -0.15) is 13.2 Å². The highest BCUT2D eigenvalue weighted by atomic mass is 19.4. The Morgan fingerprint density at radius 1 is 1.24 bits per heavy atom. The summed E-state index contributed by atoms with van der Waals surface area (Å²) in [5, 5.41) is 9.79. The molecular weight excluding hydrogens is 231 g/mol. The molecule has 1 aliphatic heterocycles. The SMILES string of the molecule is CC1(O)CCN(c2ccc(C(F)(F)F)cc2)C1. The molecule has 0 aliphatic carbocycles. The molecule has 0 spiro atoms. The predicted molar refractivity (Wildman–Crippen MR) is 58.9 cm³/mol. The molecule has 17 heavy (non-hydrogen) atoms. The minimum Gasteiger partial charge on any atom is -0.388 e. The number of anilines is 1. The van der Waals surface area contributed by atoms with Crippen molar-refractivity contribution in [1.29, 1.82) is 0 Å². The lowest BCUT2D eigenvalue weighted by Gasteiger charge is -2.21. The van der Waals surface area contributed by atoms with Gasteiger partial charge in [-0.1, -0.05) is 0 Å². The quantitative estimate of drug-likeness (QED) is 0.822. The second-order valence-electron chi connectivity index (χ2n) is 4.71. The number of β-amino-alcohol motifs (C(OH)–C–C–N with tert-alkyl or cyclic N) is 1. The molecule has 1 aromatic rings. The van der Waals surface area contributed by atoms with E-state index in [0.717, 1.165) is 17.8 Å². The Kier molecular flexibility index (Phi) is 2.81. The van der Waals surface area contributed by atoms with Crippen molar-refractivity contribution >= 4 is 5.69 Å². The summed E-state index contributed by atoms with van der Waals surface area (Å²) in [7, 11) is 0. The molecule has 94 valence electrons. The molecule has 1 unspecified atom stereocenters. The number of halogens is 3. The summed E-state index contributed by atoms with van der Waals surface area (Å²) >= 11 is 0. The number of rotatable bonds is 1. The highest BCUT2D eigenvalue weighted by Crippen LogP contribution is 2.32. The van der Waals surface area contributed by atoms with Crippen LogP contribution < -0.4 is 4.90 Å². The Morgan fingerprint density at radius 2 is 1.82 bits per heavy atom. The van der Waals surface area contributed by atoms with Crippen molar-refractivity contribution in [2.75, 3.05) is 18.0 Å². The summed E-state index contributed by atoms with van der Waals surface area (Å²) in [6.07, 6.45) is -3.66. The van der Waals surface area contributed by atoms with Gasteiger partial charge in [0.2, 0.25) is 0 Å². The summed E-state index contributed by atoms with van der Waals surface area (Å²) in [5.41, 5.74) is -0.675. The fraction of sp³-hybridized carbons (Fsp3) is 0.500. The molecule has 1 fully saturated rings. The van der Waals surface area contributed by atoms with Gasteiger partial charge in [-0.05, 0) is 37.6 Å². The molecule has 0 saturated carbocycles. The van der Waals surface area contributed by atoms with Crippen LogP contribution in [0.3, 0.4) is 0 Å². The van der Waals surface area contributed by atoms with Crippen molar-refractivity contribution in [3.05, 3.63) is 29.8 Å². The monoisotopic (exact) mass is 245 g/mol. The number of hydrogen-bond donors (Lipinski definition) is 1. The summed E-state index contributed by atoms with van der Waals surface area (Å²) < 4.78 is 37.1. The van der Waals surface area contributed by atoms with E-state index in [-0.39, 0.29) is 0 Å². The Bertz CT molecular complexity index is 397. The standard InChI is InChI=1S/C12H14F3NO/c1-11(17)6-7-16(8-11)10-4-2-9(3-5-10)12(13,14)15/h2-5,17H,6-8H2,1H3. The highest BCUT2D eigenvalue weighted by Gasteiger charge is 2.33. The minimum absolute atomic E-state index is 0.457. The van der Waals surface area contributed by atoms with Gasteiger partial charge in [0.15, 0.2) is 0 Å². The zero-order valence-corrected chi connectivity index (χ0v) is 9.46. The predicted octanol–water partition coefficient (Wildman–Crippen LogP) is 2.67. The average Bonchev–Trinajstić information content (AvgIpc) is 2.58. The molecule has 1 saturated heterocycles. The molecule has 2 rings (SSSR count). The van der Waals surface area contributed by atoms with Gasteiger partial charge in [0, 0.05) is 18.8 Å². The molecule has 0 bridgehead atoms. The van der Waals surface area contributed by atoms with Crippen LogP contribution in [0.15, 0.2) is 24.3 Å². The van der Waals surface area contributed by atoms with E-state index in [4.69, 9.17) is 0 Å². The maximum Gasteiger partial charge on any atom is 0.416 e. The van der Waals surface area contributed by atoms with Crippen molar-refractivity contribution < 1.29 is 18.3 Å². The van der Waals surface area contributed by atoms with E-state index < -0.39 is 17.3 Å². The first kappa shape index (κ1) is 12.2. The summed E-state index contributed by atoms with van der Waals surface area (Å²) in [6, 6.07) is 5.04. The number of hydrogen-bond acceptors (Lipinski definition) is 2. The van der Waals surface area contributed by atoms with E-state index in [1.165, 1.54) is 12.1 Å². The van der Waals surface area contributed by atoms with Crippen LogP contribution in [0.25, 0.3) is 0 Å². The lowest BCUT2D eigenvalue weighted by atomic mass is 10.1. The Hall–Kier alpha value is -1.23. The molecule has 1 heterocycles. The molecule has 0 aromatic heterocycles. The van der Waals surface area contributed by atoms with Crippen LogP contribution in [-0.4, -0.2) is 23.8 Å². The van der Waals surface area contributed by atoms with E-state index in [9.17, 15) is 18.3 Å². The van der Waals surface area contributed by atoms with Gasteiger partial charge in [-0.25, -0.2) is 0 Å². The molecule has 1 N–H and O–H groups in total. The number of aliphatic hydroxyl groups is 1. The number of nitrogens with zero attached hydrogens (tertiary/aromatic N) is 1. The smallest absolute Gasteiger partial charge is 0.388 e. The number of alkyl halides is 3. The van der Waals surface area contributed by atoms with Gasteiger partial charge in [0.25, 0.3) is 0 Å². The van der Waals surface area contributed by atoms with Gasteiger partial charge < -0.3 is 10.0 Å². The summed E-state index contributed by atoms with van der Waals surface area (Å²) in [5.74, 6) is 0. The second-order valence-corrected chi connectivity index (χ2v) is 4.71. The van der Waals surface area contributed by atoms with Crippen LogP contribution in [-0.2, 0) is 6.18 Å². The van der Waals surface area contributed by atoms with Gasteiger partial charge in [0.05, 0.1) is 11.2 Å². The van der Waals surface area contributed by atoms with E-state index >= 15 is 0 Å². The average molecular weight is 245 g/mol. The van der Waals surface area contributed by atoms with Gasteiger partial charge in [0.1, 0.15) is 0 Å². The fourth-order valence-corrected chi connectivity index (χ4v) is 2.03. The molecule has 1 aromatic carbocycles. The molecule has 0 amide bonds. The third-order valence-corrected chi connectivity index (χ3v) is 3.01. The van der Waals surface area contributed by atoms with Crippen LogP contribution in [0.1, 0.15) is 18.9 Å². The Balaban J connectivity index is 2.14. The lowest BCUT2D eigenvalue weighted by Crippen LogP contribution is -2.29. The van der Waals surface area contributed by atoms with E-state index in [1.807, 2.05) is 4.90 Å². The van der Waals surface area contributed by atoms with Gasteiger partial charge in [-0.15, -0.1) is 0 Å². The van der Waals surface area contributed by atoms with Crippen LogP contribution in [0.2, 0.25) is 0 Å². The first-order valence-corrected chi connectivity index (χ1v) is 5.43. The van der Waals surface area contributed by atoms with Crippen molar-refractivity contribution in [3.8, 4) is 0 Å². The Labute approximate surface area is 97.7 Å². The molecular formula is C12H14F3NO. The van der Waals surface area contributed by atoms with Crippen molar-refractivity contribution in [2.45, 2.75) is 25.1 Å². The second kappa shape index (κ2) is 3.91. The maximum atomic E-state index is 12.4. The summed E-state index contributed by atoms with van der Waals surface area (Å²) in [4.78, 5) is 1.89. The zero-order valence-electron chi connectivity index (χ0n) is 9.46. The van der Waals surface area contributed by atoms with Crippen molar-refractivity contribution in [2.24, 2.45) is 0 Å². The van der Waals surface area contributed by atoms with E-state index in [2.05, 4.69) is 0 Å². The van der Waals surface area contributed by atoms with Crippen LogP contribution in [0, 0.1) is 0 Å². The number of benzene rings is 1. The topological polar surface area (TPSA) is 23.5 Å². The first-order valence-electron chi connectivity index (χ1n) is 5.43. The third-order valence-electron chi connectivity index (χ3n) is 3.01. The molecule has 1 aliphatic rings. The molecule has 2 nitrogen and oxygen atoms in total. The highest BCUT2D eigenvalue weighted by molar-refractivity contribution is 5.49. The van der Waals surface area contributed by atoms with E-state index in [1.54, 1.807) is 6.92 Å². The third kappa shape index (κ3) is 2.72. The van der Waals surface area contributed by atoms with Crippen molar-refractivity contribution in [1.82, 2.24) is 0 Å². The van der Waals surface area contributed by atoms with Gasteiger partial charge in [-0.3, -0.25) is 0 Å². The minimum atomic E-state index is -4.30. The lowest BCUT2D eigenvalue weighted by molar-refractivity contribution is -0.137. The van der Waals surface area contributed by atoms with Crippen LogP contribution >= 0.6 is 0 Å². The Morgan fingerprint density at radius 3 is 2.24 bits per heavy atom. The normalized spacial score (nSPS) is 25.4. The maximum absolute atomic E-state index is 12.4. The largest absolute Gasteiger partial charge is 0.416 e. The van der Waals surface area contributed by atoms with E-state index in [0.29, 0.717) is 19.5 Å². The molecule has 5 heteroatoms. The molecule has 0 radical (unpaired) electrons. The van der Waals surface area contributed by atoms with Crippen LogP contribution in [0.5, 0.6) is 0 Å². The fourth-order valence-electron chi connectivity index (χ4n) is 2.03. The summed E-state index contributed by atoms with van der Waals surface area (Å²) in [6.45, 7) is 2.85. The first-order chi connectivity index (χ1) is 7.78. The zero-order chi connectivity index (χ0) is 12.7. The van der Waals surface area contributed by atoms with Crippen LogP contribution in [0.4, 0.5) is 18.9 Å².